The number of nitrogens with one attached hydrogen (secondary N) is 2. The van der Waals surface area contributed by atoms with Crippen LogP contribution in [0.15, 0.2) is 0 Å². The minimum Gasteiger partial charge on any atom is -0.294 e. The van der Waals surface area contributed by atoms with Crippen LogP contribution < -0.4 is 10.6 Å². The third kappa shape index (κ3) is 2.49. The van der Waals surface area contributed by atoms with E-state index in [9.17, 15) is 19.2 Å². The summed E-state index contributed by atoms with van der Waals surface area (Å²) in [5, 5.41) is 4.50. The molecule has 2 saturated heterocycles. The van der Waals surface area contributed by atoms with Gasteiger partial charge >= 0.3 is 0 Å². The molecule has 2 N–H and O–H groups in total. The first-order chi connectivity index (χ1) is 9.02. The predicted molar refractivity (Wildman–Crippen MR) is 61.6 cm³/mol. The molecule has 0 bridgehead atoms. The normalized spacial score (nSPS) is 33.1. The summed E-state index contributed by atoms with van der Waals surface area (Å²) in [6.07, 6.45) is 0.779. The van der Waals surface area contributed by atoms with Gasteiger partial charge in [-0.1, -0.05) is 0 Å². The summed E-state index contributed by atoms with van der Waals surface area (Å²) in [6.45, 7) is 0.781. The maximum absolute atomic E-state index is 11.3. The van der Waals surface area contributed by atoms with Gasteiger partial charge in [-0.2, -0.15) is 0 Å². The maximum atomic E-state index is 11.3. The molecule has 1 saturated carbocycles. The molecule has 19 heavy (non-hydrogen) atoms. The predicted octanol–water partition coefficient (Wildman–Crippen LogP) is -2.96. The van der Waals surface area contributed by atoms with Gasteiger partial charge in [0.05, 0.1) is 26.2 Å². The molecule has 0 unspecified atom stereocenters. The molecular formula is C11H14N4O4. The number of hydrogen-bond acceptors (Lipinski definition) is 6. The number of nitrogens with zero attached hydrogens (tertiary/aromatic N) is 2. The summed E-state index contributed by atoms with van der Waals surface area (Å²) in [5.41, 5.74) is 0. The van der Waals surface area contributed by atoms with Crippen LogP contribution in [0.25, 0.3) is 0 Å². The summed E-state index contributed by atoms with van der Waals surface area (Å²) in [5.74, 6) is -1.19. The van der Waals surface area contributed by atoms with Crippen molar-refractivity contribution in [3.8, 4) is 0 Å². The third-order valence-corrected chi connectivity index (χ3v) is 3.61. The number of carbonyl (C=O) groups is 4. The van der Waals surface area contributed by atoms with Gasteiger partial charge in [0.2, 0.25) is 23.6 Å². The first-order valence-electron chi connectivity index (χ1n) is 6.16. The number of rotatable bonds is 2. The summed E-state index contributed by atoms with van der Waals surface area (Å²) < 4.78 is 0. The molecule has 3 aliphatic rings. The molecule has 2 heterocycles. The summed E-state index contributed by atoms with van der Waals surface area (Å²) in [7, 11) is 0. The number of hydrogen-bond donors (Lipinski definition) is 2. The molecule has 3 rings (SSSR count). The summed E-state index contributed by atoms with van der Waals surface area (Å²) in [6, 6.07) is 0.155. The first-order valence-corrected chi connectivity index (χ1v) is 6.16. The van der Waals surface area contributed by atoms with Crippen molar-refractivity contribution in [1.82, 2.24) is 20.4 Å². The van der Waals surface area contributed by atoms with Gasteiger partial charge < -0.3 is 0 Å². The lowest BCUT2D eigenvalue weighted by molar-refractivity contribution is -0.139. The highest BCUT2D eigenvalue weighted by Gasteiger charge is 2.49. The topological polar surface area (TPSA) is 98.8 Å². The fraction of sp³-hybridized carbons (Fsp3) is 0.636. The molecule has 0 aromatic rings. The first kappa shape index (κ1) is 12.2. The van der Waals surface area contributed by atoms with Crippen LogP contribution in [0, 0.1) is 0 Å². The van der Waals surface area contributed by atoms with E-state index >= 15 is 0 Å². The molecule has 2 aliphatic heterocycles. The second kappa shape index (κ2) is 4.39. The van der Waals surface area contributed by atoms with Crippen LogP contribution in [0.3, 0.4) is 0 Å². The van der Waals surface area contributed by atoms with Crippen LogP contribution in [-0.2, 0) is 19.2 Å². The summed E-state index contributed by atoms with van der Waals surface area (Å²) >= 11 is 0. The van der Waals surface area contributed by atoms with E-state index in [-0.39, 0.29) is 61.9 Å². The monoisotopic (exact) mass is 266 g/mol. The van der Waals surface area contributed by atoms with E-state index in [1.54, 1.807) is 0 Å². The molecule has 2 atom stereocenters. The summed E-state index contributed by atoms with van der Waals surface area (Å²) in [4.78, 5) is 48.8. The van der Waals surface area contributed by atoms with Crippen LogP contribution in [0.1, 0.15) is 6.42 Å². The van der Waals surface area contributed by atoms with E-state index in [4.69, 9.17) is 0 Å². The second-order valence-corrected chi connectivity index (χ2v) is 5.12. The molecule has 0 aromatic heterocycles. The van der Waals surface area contributed by atoms with Crippen LogP contribution in [0.4, 0.5) is 0 Å². The fourth-order valence-corrected chi connectivity index (χ4v) is 2.74. The molecule has 8 nitrogen and oxygen atoms in total. The van der Waals surface area contributed by atoms with Crippen molar-refractivity contribution >= 4 is 23.6 Å². The largest absolute Gasteiger partial charge is 0.294 e. The van der Waals surface area contributed by atoms with Crippen LogP contribution in [0.2, 0.25) is 0 Å². The van der Waals surface area contributed by atoms with E-state index in [0.29, 0.717) is 0 Å². The number of amides is 4. The minimum atomic E-state index is -0.297. The molecule has 0 spiro atoms. The van der Waals surface area contributed by atoms with Crippen molar-refractivity contribution in [1.29, 1.82) is 0 Å². The Morgan fingerprint density at radius 2 is 1.00 bits per heavy atom. The molecule has 0 radical (unpaired) electrons. The lowest BCUT2D eigenvalue weighted by Gasteiger charge is -2.29. The van der Waals surface area contributed by atoms with Gasteiger partial charge in [0, 0.05) is 12.1 Å². The molecule has 102 valence electrons. The van der Waals surface area contributed by atoms with Crippen LogP contribution >= 0.6 is 0 Å². The Labute approximate surface area is 109 Å². The Morgan fingerprint density at radius 3 is 1.32 bits per heavy atom. The Hall–Kier alpha value is -1.80. The Bertz CT molecular complexity index is 403. The lowest BCUT2D eigenvalue weighted by Crippen LogP contribution is -2.55. The Morgan fingerprint density at radius 1 is 0.684 bits per heavy atom. The minimum absolute atomic E-state index is 0.0775. The molecule has 3 fully saturated rings. The van der Waals surface area contributed by atoms with Gasteiger partial charge in [-0.15, -0.1) is 0 Å². The zero-order valence-electron chi connectivity index (χ0n) is 10.2. The van der Waals surface area contributed by atoms with E-state index in [2.05, 4.69) is 10.6 Å². The smallest absolute Gasteiger partial charge is 0.240 e. The van der Waals surface area contributed by atoms with E-state index in [1.165, 1.54) is 0 Å². The van der Waals surface area contributed by atoms with Crippen LogP contribution in [0.5, 0.6) is 0 Å². The van der Waals surface area contributed by atoms with Crippen molar-refractivity contribution in [3.05, 3.63) is 0 Å². The highest BCUT2D eigenvalue weighted by molar-refractivity contribution is 6.00. The zero-order valence-corrected chi connectivity index (χ0v) is 10.2. The van der Waals surface area contributed by atoms with Crippen molar-refractivity contribution in [2.75, 3.05) is 26.2 Å². The molecule has 1 aliphatic carbocycles. The second-order valence-electron chi connectivity index (χ2n) is 5.12. The highest BCUT2D eigenvalue weighted by atomic mass is 16.2. The Kier molecular flexibility index (Phi) is 2.83. The van der Waals surface area contributed by atoms with Gasteiger partial charge in [0.1, 0.15) is 0 Å². The van der Waals surface area contributed by atoms with Gasteiger partial charge in [-0.25, -0.2) is 0 Å². The molecular weight excluding hydrogens is 252 g/mol. The fourth-order valence-electron chi connectivity index (χ4n) is 2.74. The third-order valence-electron chi connectivity index (χ3n) is 3.61. The van der Waals surface area contributed by atoms with Crippen LogP contribution in [-0.4, -0.2) is 71.7 Å². The molecule has 8 heteroatoms. The van der Waals surface area contributed by atoms with Gasteiger partial charge in [0.25, 0.3) is 0 Å². The highest BCUT2D eigenvalue weighted by Crippen LogP contribution is 2.33. The van der Waals surface area contributed by atoms with Crippen molar-refractivity contribution in [3.63, 3.8) is 0 Å². The van der Waals surface area contributed by atoms with Crippen molar-refractivity contribution in [2.45, 2.75) is 18.5 Å². The van der Waals surface area contributed by atoms with Gasteiger partial charge in [-0.05, 0) is 6.42 Å². The molecule has 4 amide bonds. The quantitative estimate of drug-likeness (QED) is 0.518. The number of piperazine rings is 2. The van der Waals surface area contributed by atoms with Crippen molar-refractivity contribution < 1.29 is 19.2 Å². The van der Waals surface area contributed by atoms with E-state index < -0.39 is 0 Å². The standard InChI is InChI=1S/C11H14N4O4/c16-8-2-14(3-9(17)12-8)6-1-7(6)15-4-10(18)13-11(19)5-15/h6-7H,1-5H2,(H,12,16,17)(H,13,18,19)/t6-,7-/m0/s1. The zero-order chi connectivity index (χ0) is 13.6. The number of imide groups is 2. The van der Waals surface area contributed by atoms with Crippen molar-refractivity contribution in [2.24, 2.45) is 0 Å². The SMILES string of the molecule is O=C1CN([C@H]2C[C@@H]2N2CC(=O)NC(=O)C2)CC(=O)N1. The van der Waals surface area contributed by atoms with Gasteiger partial charge in [-0.3, -0.25) is 39.6 Å². The Balaban J connectivity index is 1.61. The average molecular weight is 266 g/mol. The maximum Gasteiger partial charge on any atom is 0.240 e. The molecule has 0 aromatic carbocycles. The lowest BCUT2D eigenvalue weighted by atomic mass is 10.3. The van der Waals surface area contributed by atoms with E-state index in [1.807, 2.05) is 9.80 Å². The average Bonchev–Trinajstić information content (AvgIpc) is 3.05. The van der Waals surface area contributed by atoms with E-state index in [0.717, 1.165) is 6.42 Å². The van der Waals surface area contributed by atoms with Gasteiger partial charge in [0.15, 0.2) is 0 Å². The number of carbonyl (C=O) groups excluding carboxylic acids is 4.